The number of nitrogens with zero attached hydrogens (tertiary/aromatic N) is 3. The zero-order chi connectivity index (χ0) is 7.56. The molecule has 0 aliphatic heterocycles. The Morgan fingerprint density at radius 3 is 2.80 bits per heavy atom. The molecular formula is C4H6F2N4. The van der Waals surface area contributed by atoms with E-state index < -0.39 is 13.0 Å². The molecule has 0 aromatic carbocycles. The number of rotatable bonds is 2. The lowest BCUT2D eigenvalue weighted by Gasteiger charge is -1.95. The quantitative estimate of drug-likeness (QED) is 0.648. The van der Waals surface area contributed by atoms with Crippen LogP contribution in [0.3, 0.4) is 0 Å². The van der Waals surface area contributed by atoms with Gasteiger partial charge in [0.25, 0.3) is 6.43 Å². The largest absolute Gasteiger partial charge is 0.367 e. The highest BCUT2D eigenvalue weighted by molar-refractivity contribution is 5.09. The van der Waals surface area contributed by atoms with Crippen LogP contribution in [0, 0.1) is 0 Å². The maximum Gasteiger partial charge on any atom is 0.257 e. The molecule has 0 aliphatic rings. The highest BCUT2D eigenvalue weighted by Gasteiger charge is 2.04. The van der Waals surface area contributed by atoms with Gasteiger partial charge in [-0.2, -0.15) is 0 Å². The zero-order valence-corrected chi connectivity index (χ0v) is 5.04. The third-order valence-corrected chi connectivity index (χ3v) is 0.879. The monoisotopic (exact) mass is 148 g/mol. The zero-order valence-electron chi connectivity index (χ0n) is 5.04. The van der Waals surface area contributed by atoms with Crippen molar-refractivity contribution in [1.82, 2.24) is 14.8 Å². The minimum absolute atomic E-state index is 0.0145. The third-order valence-electron chi connectivity index (χ3n) is 0.879. The summed E-state index contributed by atoms with van der Waals surface area (Å²) in [5.74, 6) is 0.0145. The van der Waals surface area contributed by atoms with Crippen LogP contribution in [0.5, 0.6) is 0 Å². The first kappa shape index (κ1) is 6.91. The Labute approximate surface area is 55.7 Å². The van der Waals surface area contributed by atoms with Crippen LogP contribution in [-0.2, 0) is 6.54 Å². The number of anilines is 1. The first-order valence-corrected chi connectivity index (χ1v) is 2.61. The Morgan fingerprint density at radius 2 is 2.40 bits per heavy atom. The first-order chi connectivity index (χ1) is 4.68. The van der Waals surface area contributed by atoms with Gasteiger partial charge in [-0.05, 0) is 0 Å². The van der Waals surface area contributed by atoms with Gasteiger partial charge in [0.1, 0.15) is 12.9 Å². The van der Waals surface area contributed by atoms with Gasteiger partial charge in [-0.25, -0.2) is 18.4 Å². The van der Waals surface area contributed by atoms with Gasteiger partial charge >= 0.3 is 0 Å². The van der Waals surface area contributed by atoms with E-state index in [1.54, 1.807) is 0 Å². The molecule has 0 radical (unpaired) electrons. The molecule has 0 spiro atoms. The molecule has 1 rings (SSSR count). The molecule has 0 saturated heterocycles. The summed E-state index contributed by atoms with van der Waals surface area (Å²) >= 11 is 0. The number of aromatic nitrogens is 3. The molecular weight excluding hydrogens is 142 g/mol. The van der Waals surface area contributed by atoms with Crippen LogP contribution >= 0.6 is 0 Å². The van der Waals surface area contributed by atoms with E-state index in [9.17, 15) is 8.78 Å². The molecule has 2 N–H and O–H groups in total. The Bertz CT molecular complexity index is 209. The van der Waals surface area contributed by atoms with E-state index in [0.29, 0.717) is 0 Å². The molecule has 0 fully saturated rings. The van der Waals surface area contributed by atoms with Crippen LogP contribution < -0.4 is 5.73 Å². The van der Waals surface area contributed by atoms with E-state index in [0.717, 1.165) is 4.68 Å². The average molecular weight is 148 g/mol. The molecule has 0 unspecified atom stereocenters. The standard InChI is InChI=1S/C4H6F2N4/c5-3(6)1-10-2-8-4(7)9-10/h2-3H,1H2,(H2,7,9). The fourth-order valence-electron chi connectivity index (χ4n) is 0.538. The Hall–Kier alpha value is -1.20. The van der Waals surface area contributed by atoms with Crippen molar-refractivity contribution in [2.45, 2.75) is 13.0 Å². The second kappa shape index (κ2) is 2.59. The number of nitrogen functional groups attached to an aromatic ring is 1. The van der Waals surface area contributed by atoms with E-state index in [-0.39, 0.29) is 5.95 Å². The predicted octanol–water partition coefficient (Wildman–Crippen LogP) is 0.125. The molecule has 6 heteroatoms. The van der Waals surface area contributed by atoms with Crippen LogP contribution in [-0.4, -0.2) is 21.2 Å². The number of alkyl halides is 2. The van der Waals surface area contributed by atoms with Crippen LogP contribution in [0.2, 0.25) is 0 Å². The number of halogens is 2. The molecule has 4 nitrogen and oxygen atoms in total. The van der Waals surface area contributed by atoms with E-state index in [1.807, 2.05) is 0 Å². The summed E-state index contributed by atoms with van der Waals surface area (Å²) in [6, 6.07) is 0. The van der Waals surface area contributed by atoms with Gasteiger partial charge in [0.15, 0.2) is 0 Å². The highest BCUT2D eigenvalue weighted by Crippen LogP contribution is 1.97. The van der Waals surface area contributed by atoms with Crippen molar-refractivity contribution in [1.29, 1.82) is 0 Å². The van der Waals surface area contributed by atoms with Gasteiger partial charge in [0, 0.05) is 0 Å². The minimum atomic E-state index is -2.42. The lowest BCUT2D eigenvalue weighted by atomic mass is 10.7. The summed E-state index contributed by atoms with van der Waals surface area (Å²) < 4.78 is 24.2. The fraction of sp³-hybridized carbons (Fsp3) is 0.500. The summed E-state index contributed by atoms with van der Waals surface area (Å²) in [4.78, 5) is 3.47. The molecule has 0 aliphatic carbocycles. The van der Waals surface area contributed by atoms with Crippen LogP contribution in [0.15, 0.2) is 6.33 Å². The van der Waals surface area contributed by atoms with E-state index in [1.165, 1.54) is 6.33 Å². The molecule has 0 atom stereocenters. The van der Waals surface area contributed by atoms with Crippen LogP contribution in [0.25, 0.3) is 0 Å². The molecule has 0 saturated carbocycles. The van der Waals surface area contributed by atoms with E-state index in [4.69, 9.17) is 5.73 Å². The van der Waals surface area contributed by atoms with Crippen molar-refractivity contribution < 1.29 is 8.78 Å². The highest BCUT2D eigenvalue weighted by atomic mass is 19.3. The van der Waals surface area contributed by atoms with Crippen LogP contribution in [0.4, 0.5) is 14.7 Å². The summed E-state index contributed by atoms with van der Waals surface area (Å²) in [6.07, 6.45) is -1.25. The lowest BCUT2D eigenvalue weighted by molar-refractivity contribution is 0.122. The van der Waals surface area contributed by atoms with Gasteiger partial charge in [-0.3, -0.25) is 0 Å². The molecule has 1 heterocycles. The van der Waals surface area contributed by atoms with Crippen molar-refractivity contribution in [3.05, 3.63) is 6.33 Å². The minimum Gasteiger partial charge on any atom is -0.367 e. The molecule has 1 aromatic rings. The molecule has 56 valence electrons. The number of hydrogen-bond acceptors (Lipinski definition) is 3. The van der Waals surface area contributed by atoms with Crippen molar-refractivity contribution >= 4 is 5.95 Å². The summed E-state index contributed by atoms with van der Waals surface area (Å²) in [5, 5.41) is 3.45. The summed E-state index contributed by atoms with van der Waals surface area (Å²) in [7, 11) is 0. The molecule has 10 heavy (non-hydrogen) atoms. The maximum atomic E-state index is 11.6. The van der Waals surface area contributed by atoms with Crippen LogP contribution in [0.1, 0.15) is 0 Å². The van der Waals surface area contributed by atoms with Gasteiger partial charge in [0.2, 0.25) is 5.95 Å². The second-order valence-corrected chi connectivity index (χ2v) is 1.72. The van der Waals surface area contributed by atoms with Crippen molar-refractivity contribution in [2.75, 3.05) is 5.73 Å². The topological polar surface area (TPSA) is 56.7 Å². The summed E-state index contributed by atoms with van der Waals surface area (Å²) in [5.41, 5.74) is 5.07. The summed E-state index contributed by atoms with van der Waals surface area (Å²) in [6.45, 7) is -0.454. The third kappa shape index (κ3) is 1.64. The van der Waals surface area contributed by atoms with Crippen molar-refractivity contribution in [2.24, 2.45) is 0 Å². The van der Waals surface area contributed by atoms with Gasteiger partial charge < -0.3 is 5.73 Å². The normalized spacial score (nSPS) is 10.7. The SMILES string of the molecule is Nc1ncn(CC(F)F)n1. The first-order valence-electron chi connectivity index (χ1n) is 2.61. The van der Waals surface area contributed by atoms with E-state index >= 15 is 0 Å². The maximum absolute atomic E-state index is 11.6. The lowest BCUT2D eigenvalue weighted by Crippen LogP contribution is -2.07. The smallest absolute Gasteiger partial charge is 0.257 e. The Morgan fingerprint density at radius 1 is 1.70 bits per heavy atom. The van der Waals surface area contributed by atoms with Gasteiger partial charge in [0.05, 0.1) is 0 Å². The number of nitrogens with two attached hydrogens (primary N) is 1. The van der Waals surface area contributed by atoms with Gasteiger partial charge in [-0.15, -0.1) is 5.10 Å². The van der Waals surface area contributed by atoms with Crippen molar-refractivity contribution in [3.8, 4) is 0 Å². The molecule has 1 aromatic heterocycles. The van der Waals surface area contributed by atoms with Crippen molar-refractivity contribution in [3.63, 3.8) is 0 Å². The Kier molecular flexibility index (Phi) is 1.79. The van der Waals surface area contributed by atoms with Gasteiger partial charge in [-0.1, -0.05) is 0 Å². The van der Waals surface area contributed by atoms with E-state index in [2.05, 4.69) is 10.1 Å². The number of hydrogen-bond donors (Lipinski definition) is 1. The molecule has 0 amide bonds. The average Bonchev–Trinajstić information content (AvgIpc) is 2.13. The fourth-order valence-corrected chi connectivity index (χ4v) is 0.538. The molecule has 0 bridgehead atoms. The second-order valence-electron chi connectivity index (χ2n) is 1.72. The Balaban J connectivity index is 2.58. The predicted molar refractivity (Wildman–Crippen MR) is 30.4 cm³/mol.